The van der Waals surface area contributed by atoms with Crippen LogP contribution >= 0.6 is 35.6 Å². The van der Waals surface area contributed by atoms with Crippen LogP contribution in [0.2, 0.25) is 5.15 Å². The first-order valence-electron chi connectivity index (χ1n) is 3.40. The number of halogens is 1. The third-order valence-corrected chi connectivity index (χ3v) is 2.75. The molecule has 0 bridgehead atoms. The molecular formula is C7H4ClN3S2. The van der Waals surface area contributed by atoms with Gasteiger partial charge in [0.25, 0.3) is 0 Å². The van der Waals surface area contributed by atoms with Gasteiger partial charge in [-0.2, -0.15) is 0 Å². The van der Waals surface area contributed by atoms with Gasteiger partial charge < -0.3 is 0 Å². The van der Waals surface area contributed by atoms with Crippen molar-refractivity contribution in [3.63, 3.8) is 0 Å². The van der Waals surface area contributed by atoms with Crippen molar-refractivity contribution < 1.29 is 0 Å². The SMILES string of the molecule is Sc1nnc(-c2ccc(Cl)nc2)s1. The van der Waals surface area contributed by atoms with Gasteiger partial charge in [-0.25, -0.2) is 4.98 Å². The standard InChI is InChI=1S/C7H4ClN3S2/c8-5-2-1-4(3-9-5)6-10-11-7(12)13-6/h1-3H,(H,11,12). The minimum atomic E-state index is 0.472. The molecule has 3 nitrogen and oxygen atoms in total. The van der Waals surface area contributed by atoms with Gasteiger partial charge in [0.1, 0.15) is 10.2 Å². The van der Waals surface area contributed by atoms with Gasteiger partial charge in [0.2, 0.25) is 0 Å². The molecule has 66 valence electrons. The van der Waals surface area contributed by atoms with Crippen LogP contribution in [0.25, 0.3) is 10.6 Å². The maximum absolute atomic E-state index is 5.65. The second-order valence-electron chi connectivity index (χ2n) is 2.26. The van der Waals surface area contributed by atoms with Crippen LogP contribution in [0.5, 0.6) is 0 Å². The van der Waals surface area contributed by atoms with Crippen LogP contribution in [-0.4, -0.2) is 15.2 Å². The molecule has 2 rings (SSSR count). The number of aromatic nitrogens is 3. The molecule has 0 aliphatic heterocycles. The van der Waals surface area contributed by atoms with Crippen LogP contribution < -0.4 is 0 Å². The summed E-state index contributed by atoms with van der Waals surface area (Å²) in [5.41, 5.74) is 0.905. The molecule has 0 aliphatic rings. The van der Waals surface area contributed by atoms with Crippen LogP contribution in [0.15, 0.2) is 22.7 Å². The Morgan fingerprint density at radius 2 is 2.15 bits per heavy atom. The van der Waals surface area contributed by atoms with Gasteiger partial charge in [0.05, 0.1) is 0 Å². The lowest BCUT2D eigenvalue weighted by molar-refractivity contribution is 1.02. The van der Waals surface area contributed by atoms with Crippen molar-refractivity contribution in [2.75, 3.05) is 0 Å². The maximum atomic E-state index is 5.65. The normalized spacial score (nSPS) is 10.3. The molecule has 0 saturated heterocycles. The molecule has 2 heterocycles. The summed E-state index contributed by atoms with van der Waals surface area (Å²) < 4.78 is 0.643. The molecule has 0 unspecified atom stereocenters. The van der Waals surface area contributed by atoms with Crippen LogP contribution in [0.3, 0.4) is 0 Å². The maximum Gasteiger partial charge on any atom is 0.171 e. The summed E-state index contributed by atoms with van der Waals surface area (Å²) in [7, 11) is 0. The Bertz CT molecular complexity index is 412. The first kappa shape index (κ1) is 8.93. The molecule has 0 atom stereocenters. The number of rotatable bonds is 1. The summed E-state index contributed by atoms with van der Waals surface area (Å²) in [6, 6.07) is 3.57. The fourth-order valence-corrected chi connectivity index (χ4v) is 1.83. The van der Waals surface area contributed by atoms with E-state index in [1.54, 1.807) is 12.3 Å². The predicted molar refractivity (Wildman–Crippen MR) is 55.4 cm³/mol. The number of thiol groups is 1. The summed E-state index contributed by atoms with van der Waals surface area (Å²) >= 11 is 11.1. The van der Waals surface area contributed by atoms with E-state index < -0.39 is 0 Å². The van der Waals surface area contributed by atoms with E-state index in [9.17, 15) is 0 Å². The molecule has 0 radical (unpaired) electrons. The highest BCUT2D eigenvalue weighted by molar-refractivity contribution is 7.82. The molecular weight excluding hydrogens is 226 g/mol. The minimum Gasteiger partial charge on any atom is -0.244 e. The Morgan fingerprint density at radius 3 is 2.69 bits per heavy atom. The average molecular weight is 230 g/mol. The van der Waals surface area contributed by atoms with Gasteiger partial charge in [-0.05, 0) is 12.1 Å². The quantitative estimate of drug-likeness (QED) is 0.603. The van der Waals surface area contributed by atoms with Crippen molar-refractivity contribution in [1.29, 1.82) is 0 Å². The molecule has 0 amide bonds. The number of hydrogen-bond donors (Lipinski definition) is 1. The van der Waals surface area contributed by atoms with E-state index >= 15 is 0 Å². The lowest BCUT2D eigenvalue weighted by Crippen LogP contribution is -1.79. The van der Waals surface area contributed by atoms with Gasteiger partial charge in [-0.3, -0.25) is 0 Å². The van der Waals surface area contributed by atoms with Gasteiger partial charge in [-0.1, -0.05) is 22.9 Å². The summed E-state index contributed by atoms with van der Waals surface area (Å²) in [5.74, 6) is 0. The van der Waals surface area contributed by atoms with Crippen LogP contribution in [-0.2, 0) is 0 Å². The third-order valence-electron chi connectivity index (χ3n) is 1.39. The molecule has 13 heavy (non-hydrogen) atoms. The smallest absolute Gasteiger partial charge is 0.171 e. The lowest BCUT2D eigenvalue weighted by Gasteiger charge is -1.92. The molecule has 2 aromatic heterocycles. The van der Waals surface area contributed by atoms with Gasteiger partial charge in [0.15, 0.2) is 4.34 Å². The van der Waals surface area contributed by atoms with Crippen molar-refractivity contribution in [2.45, 2.75) is 4.34 Å². The lowest BCUT2D eigenvalue weighted by atomic mass is 10.3. The highest BCUT2D eigenvalue weighted by Gasteiger charge is 2.03. The van der Waals surface area contributed by atoms with Crippen molar-refractivity contribution >= 4 is 35.6 Å². The van der Waals surface area contributed by atoms with E-state index in [2.05, 4.69) is 27.8 Å². The molecule has 0 saturated carbocycles. The Balaban J connectivity index is 2.41. The molecule has 6 heteroatoms. The van der Waals surface area contributed by atoms with Crippen molar-refractivity contribution in [3.8, 4) is 10.6 Å². The zero-order chi connectivity index (χ0) is 9.26. The Labute approximate surface area is 89.2 Å². The van der Waals surface area contributed by atoms with Crippen LogP contribution in [0.4, 0.5) is 0 Å². The summed E-state index contributed by atoms with van der Waals surface area (Å²) in [5, 5.41) is 8.98. The summed E-state index contributed by atoms with van der Waals surface area (Å²) in [6.07, 6.45) is 1.66. The van der Waals surface area contributed by atoms with Gasteiger partial charge in [-0.15, -0.1) is 22.8 Å². The number of hydrogen-bond acceptors (Lipinski definition) is 5. The Hall–Kier alpha value is -0.650. The zero-order valence-electron chi connectivity index (χ0n) is 6.31. The minimum absolute atomic E-state index is 0.472. The second-order valence-corrected chi connectivity index (χ2v) is 4.35. The van der Waals surface area contributed by atoms with E-state index in [1.165, 1.54) is 11.3 Å². The zero-order valence-corrected chi connectivity index (χ0v) is 8.77. The number of pyridine rings is 1. The van der Waals surface area contributed by atoms with E-state index in [-0.39, 0.29) is 0 Å². The van der Waals surface area contributed by atoms with Gasteiger partial charge >= 0.3 is 0 Å². The fourth-order valence-electron chi connectivity index (χ4n) is 0.834. The first-order valence-corrected chi connectivity index (χ1v) is 5.04. The predicted octanol–water partition coefficient (Wildman–Crippen LogP) is 2.54. The highest BCUT2D eigenvalue weighted by atomic mass is 35.5. The van der Waals surface area contributed by atoms with Crippen molar-refractivity contribution in [1.82, 2.24) is 15.2 Å². The Kier molecular flexibility index (Phi) is 2.48. The molecule has 2 aromatic rings. The largest absolute Gasteiger partial charge is 0.244 e. The van der Waals surface area contributed by atoms with Crippen LogP contribution in [0.1, 0.15) is 0 Å². The average Bonchev–Trinajstić information content (AvgIpc) is 2.53. The van der Waals surface area contributed by atoms with Crippen molar-refractivity contribution in [2.24, 2.45) is 0 Å². The second kappa shape index (κ2) is 3.61. The monoisotopic (exact) mass is 229 g/mol. The summed E-state index contributed by atoms with van der Waals surface area (Å²) in [4.78, 5) is 3.94. The van der Waals surface area contributed by atoms with E-state index in [0.29, 0.717) is 9.49 Å². The van der Waals surface area contributed by atoms with E-state index in [1.807, 2.05) is 6.07 Å². The topological polar surface area (TPSA) is 38.7 Å². The molecule has 0 N–H and O–H groups in total. The molecule has 0 spiro atoms. The summed E-state index contributed by atoms with van der Waals surface area (Å²) in [6.45, 7) is 0. The molecule has 0 aromatic carbocycles. The number of nitrogens with zero attached hydrogens (tertiary/aromatic N) is 3. The first-order chi connectivity index (χ1) is 6.25. The van der Waals surface area contributed by atoms with Gasteiger partial charge in [0, 0.05) is 11.8 Å². The third kappa shape index (κ3) is 1.99. The molecule has 0 fully saturated rings. The molecule has 0 aliphatic carbocycles. The highest BCUT2D eigenvalue weighted by Crippen LogP contribution is 2.24. The van der Waals surface area contributed by atoms with E-state index in [0.717, 1.165) is 10.6 Å². The van der Waals surface area contributed by atoms with Crippen LogP contribution in [0, 0.1) is 0 Å². The van der Waals surface area contributed by atoms with E-state index in [4.69, 9.17) is 11.6 Å². The van der Waals surface area contributed by atoms with Crippen molar-refractivity contribution in [3.05, 3.63) is 23.5 Å². The fraction of sp³-hybridized carbons (Fsp3) is 0. The Morgan fingerprint density at radius 1 is 1.31 bits per heavy atom.